The number of para-hydroxylation sites is 1. The molecule has 0 unspecified atom stereocenters. The maximum Gasteiger partial charge on any atom is 0.244 e. The van der Waals surface area contributed by atoms with Crippen molar-refractivity contribution in [2.24, 2.45) is 0 Å². The Kier molecular flexibility index (Phi) is 7.00. The highest BCUT2D eigenvalue weighted by molar-refractivity contribution is 7.80. The molecule has 37 heavy (non-hydrogen) atoms. The lowest BCUT2D eigenvalue weighted by Crippen LogP contribution is -2.37. The number of hydrogen-bond acceptors (Lipinski definition) is 3. The van der Waals surface area contributed by atoms with Gasteiger partial charge >= 0.3 is 0 Å². The van der Waals surface area contributed by atoms with Gasteiger partial charge in [-0.15, -0.1) is 0 Å². The number of thiocarbonyl (C=S) groups is 1. The third-order valence-corrected chi connectivity index (χ3v) is 7.53. The third kappa shape index (κ3) is 4.84. The van der Waals surface area contributed by atoms with Crippen LogP contribution < -0.4 is 10.6 Å². The molecule has 0 aliphatic carbocycles. The van der Waals surface area contributed by atoms with E-state index in [1.807, 2.05) is 77.7 Å². The van der Waals surface area contributed by atoms with Gasteiger partial charge in [-0.3, -0.25) is 9.78 Å². The second-order valence-corrected chi connectivity index (χ2v) is 10.0. The molecule has 1 saturated heterocycles. The summed E-state index contributed by atoms with van der Waals surface area (Å²) in [5, 5.41) is 7.65. The zero-order valence-corrected chi connectivity index (χ0v) is 22.5. The maximum atomic E-state index is 13.2. The van der Waals surface area contributed by atoms with Gasteiger partial charge in [0.05, 0.1) is 17.8 Å². The molecule has 1 amide bonds. The van der Waals surface area contributed by atoms with Crippen LogP contribution in [-0.2, 0) is 4.79 Å². The summed E-state index contributed by atoms with van der Waals surface area (Å²) in [5.74, 6) is -0.136. The molecule has 0 spiro atoms. The first kappa shape index (κ1) is 25.0. The minimum absolute atomic E-state index is 0.106. The van der Waals surface area contributed by atoms with E-state index in [0.29, 0.717) is 10.1 Å². The lowest BCUT2D eigenvalue weighted by molar-refractivity contribution is -0.116. The molecule has 5 rings (SSSR count). The van der Waals surface area contributed by atoms with Crippen LogP contribution in [0.2, 0.25) is 5.02 Å². The first-order valence-electron chi connectivity index (χ1n) is 12.1. The molecule has 8 heteroatoms. The van der Waals surface area contributed by atoms with Crippen molar-refractivity contribution < 1.29 is 4.79 Å². The number of carbonyl (C=O) groups excluding carboxylic acids is 1. The Morgan fingerprint density at radius 1 is 1.03 bits per heavy atom. The Morgan fingerprint density at radius 3 is 2.49 bits per heavy atom. The van der Waals surface area contributed by atoms with Gasteiger partial charge in [0.25, 0.3) is 0 Å². The van der Waals surface area contributed by atoms with E-state index < -0.39 is 0 Å². The third-order valence-electron chi connectivity index (χ3n) is 6.94. The number of anilines is 1. The van der Waals surface area contributed by atoms with Gasteiger partial charge in [-0.2, -0.15) is 0 Å². The van der Waals surface area contributed by atoms with Gasteiger partial charge < -0.3 is 20.1 Å². The number of carbonyl (C=O) groups is 1. The number of hydrogen-bond donors (Lipinski definition) is 2. The molecule has 4 aromatic rings. The molecule has 3 heterocycles. The highest BCUT2D eigenvalue weighted by Crippen LogP contribution is 2.43. The molecular weight excluding hydrogens is 502 g/mol. The SMILES string of the molecule is Cc1c([C@@H]2[C@H](c3ccccn3)NC(=S)N2CC(=O)Nc2ccccc2)c(C)n(-c2cccc(Cl)c2)c1C. The van der Waals surface area contributed by atoms with Crippen LogP contribution in [0.25, 0.3) is 5.69 Å². The largest absolute Gasteiger partial charge is 0.352 e. The lowest BCUT2D eigenvalue weighted by Gasteiger charge is -2.28. The van der Waals surface area contributed by atoms with E-state index in [-0.39, 0.29) is 24.5 Å². The molecule has 2 N–H and O–H groups in total. The van der Waals surface area contributed by atoms with Crippen molar-refractivity contribution in [1.82, 2.24) is 19.8 Å². The summed E-state index contributed by atoms with van der Waals surface area (Å²) < 4.78 is 2.22. The van der Waals surface area contributed by atoms with Crippen molar-refractivity contribution in [2.75, 3.05) is 11.9 Å². The Balaban J connectivity index is 1.58. The molecule has 1 fully saturated rings. The van der Waals surface area contributed by atoms with Crippen molar-refractivity contribution in [3.05, 3.63) is 112 Å². The topological polar surface area (TPSA) is 62.2 Å². The maximum absolute atomic E-state index is 13.2. The molecule has 2 aromatic carbocycles. The van der Waals surface area contributed by atoms with Crippen LogP contribution in [0.15, 0.2) is 79.0 Å². The number of nitrogens with zero attached hydrogens (tertiary/aromatic N) is 3. The molecule has 6 nitrogen and oxygen atoms in total. The fourth-order valence-corrected chi connectivity index (χ4v) is 5.70. The van der Waals surface area contributed by atoms with Gasteiger partial charge in [0, 0.05) is 39.5 Å². The standard InChI is InChI=1S/C29H28ClN5OS/c1-18-19(2)35(23-13-9-10-21(30)16-23)20(3)26(18)28-27(24-14-7-8-15-31-24)33-29(37)34(28)17-25(36)32-22-11-5-4-6-12-22/h4-16,27-28H,17H2,1-3H3,(H,32,36)(H,33,37)/t27-,28+/m0/s1. The fourth-order valence-electron chi connectivity index (χ4n) is 5.21. The van der Waals surface area contributed by atoms with Crippen LogP contribution in [0.5, 0.6) is 0 Å². The number of nitrogens with one attached hydrogen (secondary N) is 2. The fraction of sp³-hybridized carbons (Fsp3) is 0.207. The second kappa shape index (κ2) is 10.4. The summed E-state index contributed by atoms with van der Waals surface area (Å²) in [6.45, 7) is 6.44. The Hall–Kier alpha value is -3.68. The van der Waals surface area contributed by atoms with Crippen molar-refractivity contribution in [2.45, 2.75) is 32.9 Å². The van der Waals surface area contributed by atoms with Crippen LogP contribution in [0.4, 0.5) is 5.69 Å². The minimum atomic E-state index is -0.233. The van der Waals surface area contributed by atoms with Gasteiger partial charge in [-0.1, -0.05) is 41.9 Å². The van der Waals surface area contributed by atoms with Crippen LogP contribution in [-0.4, -0.2) is 32.0 Å². The van der Waals surface area contributed by atoms with E-state index in [4.69, 9.17) is 23.8 Å². The minimum Gasteiger partial charge on any atom is -0.352 e. The van der Waals surface area contributed by atoms with Crippen LogP contribution in [0.1, 0.15) is 40.3 Å². The predicted octanol–water partition coefficient (Wildman–Crippen LogP) is 6.06. The van der Waals surface area contributed by atoms with E-state index in [9.17, 15) is 4.79 Å². The molecule has 2 aromatic heterocycles. The summed E-state index contributed by atoms with van der Waals surface area (Å²) in [4.78, 5) is 19.8. The Labute approximate surface area is 227 Å². The molecule has 2 atom stereocenters. The number of benzene rings is 2. The van der Waals surface area contributed by atoms with E-state index in [1.165, 1.54) is 0 Å². The predicted molar refractivity (Wildman–Crippen MR) is 152 cm³/mol. The van der Waals surface area contributed by atoms with Gasteiger partial charge in [0.15, 0.2) is 5.11 Å². The highest BCUT2D eigenvalue weighted by Gasteiger charge is 2.43. The smallest absolute Gasteiger partial charge is 0.244 e. The summed E-state index contributed by atoms with van der Waals surface area (Å²) >= 11 is 12.1. The van der Waals surface area contributed by atoms with Crippen LogP contribution in [0, 0.1) is 20.8 Å². The van der Waals surface area contributed by atoms with E-state index in [2.05, 4.69) is 41.0 Å². The molecule has 188 valence electrons. The first-order chi connectivity index (χ1) is 17.8. The normalized spacial score (nSPS) is 17.1. The van der Waals surface area contributed by atoms with Crippen LogP contribution >= 0.6 is 23.8 Å². The molecule has 0 radical (unpaired) electrons. The summed E-state index contributed by atoms with van der Waals surface area (Å²) in [6, 6.07) is 22.7. The highest BCUT2D eigenvalue weighted by atomic mass is 35.5. The monoisotopic (exact) mass is 529 g/mol. The van der Waals surface area contributed by atoms with Gasteiger partial charge in [-0.05, 0) is 81.0 Å². The number of aromatic nitrogens is 2. The van der Waals surface area contributed by atoms with Crippen molar-refractivity contribution in [3.8, 4) is 5.69 Å². The number of pyridine rings is 1. The molecule has 1 aliphatic rings. The van der Waals surface area contributed by atoms with E-state index >= 15 is 0 Å². The first-order valence-corrected chi connectivity index (χ1v) is 12.9. The number of rotatable bonds is 6. The Bertz CT molecular complexity index is 1450. The second-order valence-electron chi connectivity index (χ2n) is 9.19. The van der Waals surface area contributed by atoms with E-state index in [0.717, 1.165) is 39.6 Å². The van der Waals surface area contributed by atoms with Crippen molar-refractivity contribution >= 4 is 40.5 Å². The lowest BCUT2D eigenvalue weighted by atomic mass is 9.93. The molecule has 0 bridgehead atoms. The summed E-state index contributed by atoms with van der Waals surface area (Å²) in [6.07, 6.45) is 1.78. The van der Waals surface area contributed by atoms with Gasteiger partial charge in [0.1, 0.15) is 6.54 Å². The zero-order valence-electron chi connectivity index (χ0n) is 20.9. The molecule has 1 aliphatic heterocycles. The van der Waals surface area contributed by atoms with Crippen molar-refractivity contribution in [1.29, 1.82) is 0 Å². The Morgan fingerprint density at radius 2 is 1.78 bits per heavy atom. The average Bonchev–Trinajstić information content (AvgIpc) is 3.31. The van der Waals surface area contributed by atoms with Gasteiger partial charge in [-0.25, -0.2) is 0 Å². The summed E-state index contributed by atoms with van der Waals surface area (Å²) in [7, 11) is 0. The quantitative estimate of drug-likeness (QED) is 0.297. The van der Waals surface area contributed by atoms with Gasteiger partial charge in [0.2, 0.25) is 5.91 Å². The molecular formula is C29H28ClN5OS. The zero-order chi connectivity index (χ0) is 26.1. The summed E-state index contributed by atoms with van der Waals surface area (Å²) in [5.41, 5.74) is 7.06. The average molecular weight is 530 g/mol. The molecule has 0 saturated carbocycles. The number of amides is 1. The van der Waals surface area contributed by atoms with Crippen molar-refractivity contribution in [3.63, 3.8) is 0 Å². The van der Waals surface area contributed by atoms with E-state index in [1.54, 1.807) is 6.20 Å². The number of halogens is 1. The van der Waals surface area contributed by atoms with Crippen LogP contribution in [0.3, 0.4) is 0 Å².